The van der Waals surface area contributed by atoms with Gasteiger partial charge in [-0.25, -0.2) is 4.98 Å². The molecule has 0 aliphatic carbocycles. The summed E-state index contributed by atoms with van der Waals surface area (Å²) in [5.41, 5.74) is 2.40. The molecule has 108 valence electrons. The maximum Gasteiger partial charge on any atom is 0.119 e. The summed E-state index contributed by atoms with van der Waals surface area (Å²) >= 11 is 0. The molecule has 2 rings (SSSR count). The zero-order valence-electron chi connectivity index (χ0n) is 12.5. The lowest BCUT2D eigenvalue weighted by Gasteiger charge is -2.20. The Morgan fingerprint density at radius 1 is 1.25 bits per heavy atom. The van der Waals surface area contributed by atoms with E-state index in [-0.39, 0.29) is 6.04 Å². The lowest BCUT2D eigenvalue weighted by molar-refractivity contribution is 0.340. The molecule has 0 spiro atoms. The SMILES string of the molecule is CCCNC(c1ccc(OCC)cc1)c1cncn1C. The average molecular weight is 273 g/mol. The van der Waals surface area contributed by atoms with Gasteiger partial charge in [-0.3, -0.25) is 0 Å². The van der Waals surface area contributed by atoms with Crippen LogP contribution in [0.15, 0.2) is 36.8 Å². The summed E-state index contributed by atoms with van der Waals surface area (Å²) in [7, 11) is 2.03. The van der Waals surface area contributed by atoms with Gasteiger partial charge in [0.2, 0.25) is 0 Å². The molecule has 4 nitrogen and oxygen atoms in total. The third-order valence-electron chi connectivity index (χ3n) is 3.27. The average Bonchev–Trinajstić information content (AvgIpc) is 2.88. The van der Waals surface area contributed by atoms with Crippen molar-refractivity contribution in [3.63, 3.8) is 0 Å². The minimum absolute atomic E-state index is 0.165. The Morgan fingerprint density at radius 3 is 2.55 bits per heavy atom. The predicted octanol–water partition coefficient (Wildman–Crippen LogP) is 2.91. The second-order valence-corrected chi connectivity index (χ2v) is 4.82. The Kier molecular flexibility index (Phi) is 5.18. The van der Waals surface area contributed by atoms with E-state index in [9.17, 15) is 0 Å². The summed E-state index contributed by atoms with van der Waals surface area (Å²) in [5, 5.41) is 3.58. The summed E-state index contributed by atoms with van der Waals surface area (Å²) in [4.78, 5) is 4.22. The molecular formula is C16H23N3O. The van der Waals surface area contributed by atoms with Gasteiger partial charge in [-0.1, -0.05) is 19.1 Å². The number of imidazole rings is 1. The van der Waals surface area contributed by atoms with Gasteiger partial charge in [-0.05, 0) is 37.6 Å². The molecule has 1 N–H and O–H groups in total. The van der Waals surface area contributed by atoms with Crippen LogP contribution in [0.3, 0.4) is 0 Å². The Morgan fingerprint density at radius 2 is 2.00 bits per heavy atom. The molecule has 1 heterocycles. The minimum atomic E-state index is 0.165. The van der Waals surface area contributed by atoms with Gasteiger partial charge in [0.15, 0.2) is 0 Å². The van der Waals surface area contributed by atoms with Crippen molar-refractivity contribution in [2.45, 2.75) is 26.3 Å². The van der Waals surface area contributed by atoms with Crippen molar-refractivity contribution in [3.8, 4) is 5.75 Å². The lowest BCUT2D eigenvalue weighted by Crippen LogP contribution is -2.24. The molecule has 0 aliphatic heterocycles. The van der Waals surface area contributed by atoms with Crippen LogP contribution in [0.4, 0.5) is 0 Å². The second-order valence-electron chi connectivity index (χ2n) is 4.82. The van der Waals surface area contributed by atoms with Crippen molar-refractivity contribution in [2.75, 3.05) is 13.2 Å². The predicted molar refractivity (Wildman–Crippen MR) is 81.0 cm³/mol. The summed E-state index contributed by atoms with van der Waals surface area (Å²) in [6.07, 6.45) is 4.86. The Balaban J connectivity index is 2.24. The van der Waals surface area contributed by atoms with Gasteiger partial charge < -0.3 is 14.6 Å². The quantitative estimate of drug-likeness (QED) is 0.843. The standard InChI is InChI=1S/C16H23N3O/c1-4-10-18-16(15-11-17-12-19(15)3)13-6-8-14(9-7-13)20-5-2/h6-9,11-12,16,18H,4-5,10H2,1-3H3. The molecule has 1 aromatic heterocycles. The highest BCUT2D eigenvalue weighted by Gasteiger charge is 2.16. The summed E-state index contributed by atoms with van der Waals surface area (Å²) in [5.74, 6) is 0.912. The minimum Gasteiger partial charge on any atom is -0.494 e. The number of nitrogens with zero attached hydrogens (tertiary/aromatic N) is 2. The first-order chi connectivity index (χ1) is 9.76. The molecule has 4 heteroatoms. The van der Waals surface area contributed by atoms with Crippen molar-refractivity contribution in [2.24, 2.45) is 7.05 Å². The van der Waals surface area contributed by atoms with Gasteiger partial charge in [0.05, 0.1) is 30.9 Å². The van der Waals surface area contributed by atoms with E-state index in [1.807, 2.05) is 38.6 Å². The number of hydrogen-bond acceptors (Lipinski definition) is 3. The van der Waals surface area contributed by atoms with Gasteiger partial charge in [-0.15, -0.1) is 0 Å². The van der Waals surface area contributed by atoms with Gasteiger partial charge in [0.25, 0.3) is 0 Å². The Hall–Kier alpha value is -1.81. The molecule has 1 aromatic carbocycles. The van der Waals surface area contributed by atoms with E-state index in [2.05, 4.69) is 33.9 Å². The van der Waals surface area contributed by atoms with E-state index in [1.165, 1.54) is 11.3 Å². The molecule has 1 atom stereocenters. The van der Waals surface area contributed by atoms with Crippen LogP contribution in [0.25, 0.3) is 0 Å². The topological polar surface area (TPSA) is 39.1 Å². The molecule has 2 aromatic rings. The highest BCUT2D eigenvalue weighted by Crippen LogP contribution is 2.23. The molecule has 0 saturated heterocycles. The molecule has 1 unspecified atom stereocenters. The van der Waals surface area contributed by atoms with E-state index >= 15 is 0 Å². The zero-order valence-corrected chi connectivity index (χ0v) is 12.5. The third-order valence-corrected chi connectivity index (χ3v) is 3.27. The number of aromatic nitrogens is 2. The summed E-state index contributed by atoms with van der Waals surface area (Å²) in [6.45, 7) is 5.84. The van der Waals surface area contributed by atoms with Crippen LogP contribution >= 0.6 is 0 Å². The third kappa shape index (κ3) is 3.39. The van der Waals surface area contributed by atoms with Crippen LogP contribution < -0.4 is 10.1 Å². The van der Waals surface area contributed by atoms with Crippen molar-refractivity contribution in [1.29, 1.82) is 0 Å². The first-order valence-corrected chi connectivity index (χ1v) is 7.18. The number of ether oxygens (including phenoxy) is 1. The first kappa shape index (κ1) is 14.6. The van der Waals surface area contributed by atoms with Gasteiger partial charge >= 0.3 is 0 Å². The number of aryl methyl sites for hydroxylation is 1. The Labute approximate surface area is 120 Å². The second kappa shape index (κ2) is 7.10. The van der Waals surface area contributed by atoms with Crippen molar-refractivity contribution in [1.82, 2.24) is 14.9 Å². The molecule has 0 saturated carbocycles. The van der Waals surface area contributed by atoms with Crippen molar-refractivity contribution in [3.05, 3.63) is 48.0 Å². The smallest absolute Gasteiger partial charge is 0.119 e. The number of nitrogens with one attached hydrogen (secondary N) is 1. The molecule has 0 bridgehead atoms. The molecule has 0 amide bonds. The largest absolute Gasteiger partial charge is 0.494 e. The van der Waals surface area contributed by atoms with Crippen LogP contribution in [0.2, 0.25) is 0 Å². The maximum absolute atomic E-state index is 5.50. The number of hydrogen-bond donors (Lipinski definition) is 1. The first-order valence-electron chi connectivity index (χ1n) is 7.18. The molecular weight excluding hydrogens is 250 g/mol. The van der Waals surface area contributed by atoms with Crippen LogP contribution in [0.1, 0.15) is 37.6 Å². The lowest BCUT2D eigenvalue weighted by atomic mass is 10.0. The maximum atomic E-state index is 5.50. The molecule has 0 radical (unpaired) electrons. The number of benzene rings is 1. The monoisotopic (exact) mass is 273 g/mol. The van der Waals surface area contributed by atoms with Crippen LogP contribution in [-0.4, -0.2) is 22.7 Å². The summed E-state index contributed by atoms with van der Waals surface area (Å²) in [6, 6.07) is 8.44. The molecule has 0 fully saturated rings. The fourth-order valence-corrected chi connectivity index (χ4v) is 2.25. The highest BCUT2D eigenvalue weighted by atomic mass is 16.5. The molecule has 0 aliphatic rings. The fraction of sp³-hybridized carbons (Fsp3) is 0.438. The van der Waals surface area contributed by atoms with Crippen molar-refractivity contribution >= 4 is 0 Å². The van der Waals surface area contributed by atoms with Crippen LogP contribution in [-0.2, 0) is 7.05 Å². The van der Waals surface area contributed by atoms with Gasteiger partial charge in [0, 0.05) is 7.05 Å². The normalized spacial score (nSPS) is 12.3. The van der Waals surface area contributed by atoms with E-state index in [1.54, 1.807) is 0 Å². The van der Waals surface area contributed by atoms with Crippen LogP contribution in [0, 0.1) is 0 Å². The van der Waals surface area contributed by atoms with Gasteiger partial charge in [-0.2, -0.15) is 0 Å². The van der Waals surface area contributed by atoms with Crippen molar-refractivity contribution < 1.29 is 4.74 Å². The van der Waals surface area contributed by atoms with Crippen LogP contribution in [0.5, 0.6) is 5.75 Å². The highest BCUT2D eigenvalue weighted by molar-refractivity contribution is 5.33. The van der Waals surface area contributed by atoms with E-state index in [4.69, 9.17) is 4.74 Å². The molecule has 20 heavy (non-hydrogen) atoms. The van der Waals surface area contributed by atoms with E-state index < -0.39 is 0 Å². The summed E-state index contributed by atoms with van der Waals surface area (Å²) < 4.78 is 7.56. The Bertz CT molecular complexity index is 519. The van der Waals surface area contributed by atoms with Gasteiger partial charge in [0.1, 0.15) is 5.75 Å². The zero-order chi connectivity index (χ0) is 14.4. The fourth-order valence-electron chi connectivity index (χ4n) is 2.25. The van der Waals surface area contributed by atoms with E-state index in [0.29, 0.717) is 6.61 Å². The van der Waals surface area contributed by atoms with E-state index in [0.717, 1.165) is 18.7 Å². The number of rotatable bonds is 7.